The van der Waals surface area contributed by atoms with Crippen molar-refractivity contribution in [2.45, 2.75) is 50.9 Å². The summed E-state index contributed by atoms with van der Waals surface area (Å²) in [4.78, 5) is 4.22. The van der Waals surface area contributed by atoms with Crippen LogP contribution in [0.1, 0.15) is 26.1 Å². The normalized spacial score (nSPS) is 24.4. The van der Waals surface area contributed by atoms with Crippen LogP contribution >= 0.6 is 0 Å². The predicted molar refractivity (Wildman–Crippen MR) is 79.4 cm³/mol. The third kappa shape index (κ3) is 3.28. The molecule has 1 aliphatic rings. The van der Waals surface area contributed by atoms with E-state index >= 15 is 0 Å². The summed E-state index contributed by atoms with van der Waals surface area (Å²) in [7, 11) is -3.61. The molecule has 1 aromatic rings. The molecule has 2 atom stereocenters. The Hall–Kier alpha value is -0.960. The first-order valence-corrected chi connectivity index (χ1v) is 8.71. The van der Waals surface area contributed by atoms with Gasteiger partial charge in [-0.05, 0) is 20.3 Å². The summed E-state index contributed by atoms with van der Waals surface area (Å²) >= 11 is 0. The smallest absolute Gasteiger partial charge is 0.262 e. The Labute approximate surface area is 126 Å². The summed E-state index contributed by atoms with van der Waals surface area (Å²) in [6.45, 7) is 7.40. The highest BCUT2D eigenvalue weighted by atomic mass is 32.2. The van der Waals surface area contributed by atoms with Crippen molar-refractivity contribution in [1.29, 1.82) is 0 Å². The van der Waals surface area contributed by atoms with E-state index in [0.717, 1.165) is 13.0 Å². The van der Waals surface area contributed by atoms with Crippen LogP contribution in [-0.4, -0.2) is 54.1 Å². The standard InChI is InChI=1S/C13H24N4O3S/c1-4-5-16-8-13(15-11(16)3)21(18,19)17-7-12(6-14)20-9-10(17)2/h8,10,12H,4-7,9,14H2,1-3H3. The fraction of sp³-hybridized carbons (Fsp3) is 0.769. The van der Waals surface area contributed by atoms with E-state index in [0.29, 0.717) is 19.0 Å². The third-order valence-corrected chi connectivity index (χ3v) is 5.55. The molecule has 2 unspecified atom stereocenters. The monoisotopic (exact) mass is 316 g/mol. The number of hydrogen-bond acceptors (Lipinski definition) is 5. The molecule has 0 bridgehead atoms. The van der Waals surface area contributed by atoms with Gasteiger partial charge in [0.2, 0.25) is 0 Å². The lowest BCUT2D eigenvalue weighted by Gasteiger charge is -2.36. The number of nitrogens with zero attached hydrogens (tertiary/aromatic N) is 3. The maximum atomic E-state index is 12.8. The zero-order valence-electron chi connectivity index (χ0n) is 12.8. The Morgan fingerprint density at radius 2 is 2.24 bits per heavy atom. The third-order valence-electron chi connectivity index (χ3n) is 3.70. The molecule has 2 rings (SSSR count). The maximum absolute atomic E-state index is 12.8. The van der Waals surface area contributed by atoms with E-state index in [2.05, 4.69) is 4.98 Å². The number of sulfonamides is 1. The molecule has 0 radical (unpaired) electrons. The molecule has 0 aliphatic carbocycles. The minimum Gasteiger partial charge on any atom is -0.374 e. The second-order valence-corrected chi connectivity index (χ2v) is 7.27. The Kier molecular flexibility index (Phi) is 5.03. The topological polar surface area (TPSA) is 90.5 Å². The Bertz CT molecular complexity index is 584. The van der Waals surface area contributed by atoms with Gasteiger partial charge in [-0.3, -0.25) is 0 Å². The molecule has 1 saturated heterocycles. The van der Waals surface area contributed by atoms with Crippen molar-refractivity contribution in [2.75, 3.05) is 19.7 Å². The van der Waals surface area contributed by atoms with Crippen LogP contribution in [0.25, 0.3) is 0 Å². The molecule has 7 nitrogen and oxygen atoms in total. The van der Waals surface area contributed by atoms with Crippen molar-refractivity contribution >= 4 is 10.0 Å². The quantitative estimate of drug-likeness (QED) is 0.846. The van der Waals surface area contributed by atoms with Crippen LogP contribution in [0.2, 0.25) is 0 Å². The fourth-order valence-electron chi connectivity index (χ4n) is 2.46. The Morgan fingerprint density at radius 3 is 2.86 bits per heavy atom. The van der Waals surface area contributed by atoms with Gasteiger partial charge in [0.1, 0.15) is 5.82 Å². The molecule has 120 valence electrons. The second kappa shape index (κ2) is 6.43. The zero-order chi connectivity index (χ0) is 15.6. The molecule has 0 saturated carbocycles. The van der Waals surface area contributed by atoms with Gasteiger partial charge in [-0.2, -0.15) is 4.31 Å². The van der Waals surface area contributed by atoms with E-state index < -0.39 is 10.0 Å². The molecular weight excluding hydrogens is 292 g/mol. The Morgan fingerprint density at radius 1 is 1.52 bits per heavy atom. The van der Waals surface area contributed by atoms with Crippen molar-refractivity contribution in [2.24, 2.45) is 5.73 Å². The van der Waals surface area contributed by atoms with Crippen LogP contribution in [-0.2, 0) is 21.3 Å². The first-order valence-electron chi connectivity index (χ1n) is 7.27. The first-order chi connectivity index (χ1) is 9.90. The van der Waals surface area contributed by atoms with Gasteiger partial charge in [-0.25, -0.2) is 13.4 Å². The molecule has 0 aromatic carbocycles. The molecule has 1 aromatic heterocycles. The van der Waals surface area contributed by atoms with Gasteiger partial charge in [0, 0.05) is 31.9 Å². The van der Waals surface area contributed by atoms with Crippen molar-refractivity contribution in [3.8, 4) is 0 Å². The van der Waals surface area contributed by atoms with Crippen molar-refractivity contribution < 1.29 is 13.2 Å². The number of rotatable bonds is 5. The highest BCUT2D eigenvalue weighted by Gasteiger charge is 2.36. The largest absolute Gasteiger partial charge is 0.374 e. The lowest BCUT2D eigenvalue weighted by atomic mass is 10.2. The lowest BCUT2D eigenvalue weighted by Crippen LogP contribution is -2.52. The number of aryl methyl sites for hydroxylation is 2. The van der Waals surface area contributed by atoms with Crippen LogP contribution in [0, 0.1) is 6.92 Å². The molecule has 0 amide bonds. The summed E-state index contributed by atoms with van der Waals surface area (Å²) in [5.41, 5.74) is 5.59. The first kappa shape index (κ1) is 16.4. The summed E-state index contributed by atoms with van der Waals surface area (Å²) in [5, 5.41) is 0.109. The molecule has 2 N–H and O–H groups in total. The summed E-state index contributed by atoms with van der Waals surface area (Å²) < 4.78 is 34.4. The summed E-state index contributed by atoms with van der Waals surface area (Å²) in [5.74, 6) is 0.715. The molecule has 1 fully saturated rings. The molecular formula is C13H24N4O3S. The van der Waals surface area contributed by atoms with Gasteiger partial charge in [-0.1, -0.05) is 6.92 Å². The SMILES string of the molecule is CCCn1cc(S(=O)(=O)N2CC(CN)OCC2C)nc1C. The molecule has 2 heterocycles. The highest BCUT2D eigenvalue weighted by molar-refractivity contribution is 7.89. The maximum Gasteiger partial charge on any atom is 0.262 e. The average molecular weight is 316 g/mol. The zero-order valence-corrected chi connectivity index (χ0v) is 13.6. The van der Waals surface area contributed by atoms with E-state index in [1.807, 2.05) is 25.3 Å². The number of morpholine rings is 1. The summed E-state index contributed by atoms with van der Waals surface area (Å²) in [6, 6.07) is -0.213. The van der Waals surface area contributed by atoms with Crippen LogP contribution in [0.4, 0.5) is 0 Å². The number of nitrogens with two attached hydrogens (primary N) is 1. The van der Waals surface area contributed by atoms with Gasteiger partial charge in [0.15, 0.2) is 5.03 Å². The van der Waals surface area contributed by atoms with E-state index in [1.165, 1.54) is 4.31 Å². The van der Waals surface area contributed by atoms with Crippen LogP contribution < -0.4 is 5.73 Å². The van der Waals surface area contributed by atoms with Crippen molar-refractivity contribution in [3.63, 3.8) is 0 Å². The van der Waals surface area contributed by atoms with E-state index in [4.69, 9.17) is 10.5 Å². The predicted octanol–water partition coefficient (Wildman–Crippen LogP) is 0.338. The van der Waals surface area contributed by atoms with Crippen molar-refractivity contribution in [3.05, 3.63) is 12.0 Å². The van der Waals surface area contributed by atoms with E-state index in [1.54, 1.807) is 6.20 Å². The highest BCUT2D eigenvalue weighted by Crippen LogP contribution is 2.22. The Balaban J connectivity index is 2.30. The average Bonchev–Trinajstić information content (AvgIpc) is 2.82. The van der Waals surface area contributed by atoms with Crippen molar-refractivity contribution in [1.82, 2.24) is 13.9 Å². The van der Waals surface area contributed by atoms with Crippen LogP contribution in [0.15, 0.2) is 11.2 Å². The van der Waals surface area contributed by atoms with Gasteiger partial charge >= 0.3 is 0 Å². The van der Waals surface area contributed by atoms with E-state index in [9.17, 15) is 8.42 Å². The van der Waals surface area contributed by atoms with Gasteiger partial charge in [0.05, 0.1) is 12.7 Å². The van der Waals surface area contributed by atoms with Crippen LogP contribution in [0.3, 0.4) is 0 Å². The summed E-state index contributed by atoms with van der Waals surface area (Å²) in [6.07, 6.45) is 2.29. The van der Waals surface area contributed by atoms with Gasteiger partial charge in [-0.15, -0.1) is 0 Å². The van der Waals surface area contributed by atoms with E-state index in [-0.39, 0.29) is 23.7 Å². The number of aromatic nitrogens is 2. The molecule has 21 heavy (non-hydrogen) atoms. The van der Waals surface area contributed by atoms with Gasteiger partial charge in [0.25, 0.3) is 10.0 Å². The number of hydrogen-bond donors (Lipinski definition) is 1. The molecule has 0 spiro atoms. The minimum absolute atomic E-state index is 0.109. The fourth-order valence-corrected chi connectivity index (χ4v) is 4.11. The molecule has 8 heteroatoms. The number of ether oxygens (including phenoxy) is 1. The second-order valence-electron chi connectivity index (χ2n) is 5.43. The number of imidazole rings is 1. The van der Waals surface area contributed by atoms with Gasteiger partial charge < -0.3 is 15.0 Å². The minimum atomic E-state index is -3.61. The lowest BCUT2D eigenvalue weighted by molar-refractivity contribution is -0.0220. The molecule has 1 aliphatic heterocycles. The van der Waals surface area contributed by atoms with Crippen LogP contribution in [0.5, 0.6) is 0 Å².